The molecule has 2 heterocycles. The van der Waals surface area contributed by atoms with Gasteiger partial charge in [0.05, 0.1) is 33.2 Å². The van der Waals surface area contributed by atoms with Crippen LogP contribution in [0.2, 0.25) is 0 Å². The van der Waals surface area contributed by atoms with Crippen LogP contribution in [0.5, 0.6) is 0 Å². The summed E-state index contributed by atoms with van der Waals surface area (Å²) in [5.74, 6) is -0.389. The molecule has 32 heavy (non-hydrogen) atoms. The smallest absolute Gasteiger partial charge is 0.284 e. The van der Waals surface area contributed by atoms with E-state index < -0.39 is 4.92 Å². The first-order chi connectivity index (χ1) is 15.5. The number of thiazole rings is 1. The minimum absolute atomic E-state index is 0.181. The van der Waals surface area contributed by atoms with Gasteiger partial charge in [-0.1, -0.05) is 23.5 Å². The number of aromatic nitrogens is 4. The normalized spacial score (nSPS) is 11.1. The van der Waals surface area contributed by atoms with Gasteiger partial charge < -0.3 is 9.30 Å². The molecular weight excluding hydrogens is 452 g/mol. The standard InChI is InChI=1S/C20H18N6O4S2/c1-24-12-21-23-20(24)32-17-8-7-13(11-15(17)26(28)29)18(27)25(9-10-30-2)19-22-14-5-3-4-6-16(14)31-19/h3-8,11-12H,9-10H2,1-2H3. The number of carbonyl (C=O) groups is 1. The van der Waals surface area contributed by atoms with Crippen LogP contribution in [0.15, 0.2) is 58.8 Å². The van der Waals surface area contributed by atoms with E-state index in [0.29, 0.717) is 21.8 Å². The van der Waals surface area contributed by atoms with E-state index in [2.05, 4.69) is 15.2 Å². The highest BCUT2D eigenvalue weighted by atomic mass is 32.2. The highest BCUT2D eigenvalue weighted by Gasteiger charge is 2.25. The molecule has 2 aromatic heterocycles. The fourth-order valence-electron chi connectivity index (χ4n) is 2.94. The average molecular weight is 471 g/mol. The quantitative estimate of drug-likeness (QED) is 0.282. The third kappa shape index (κ3) is 4.47. The summed E-state index contributed by atoms with van der Waals surface area (Å²) in [7, 11) is 3.29. The Balaban J connectivity index is 1.69. The fourth-order valence-corrected chi connectivity index (χ4v) is 4.78. The molecular formula is C20H18N6O4S2. The molecule has 0 fully saturated rings. The number of fused-ring (bicyclic) bond motifs is 1. The van der Waals surface area contributed by atoms with Gasteiger partial charge in [0.1, 0.15) is 6.33 Å². The predicted molar refractivity (Wildman–Crippen MR) is 121 cm³/mol. The van der Waals surface area contributed by atoms with Crippen molar-refractivity contribution in [2.75, 3.05) is 25.2 Å². The monoisotopic (exact) mass is 470 g/mol. The zero-order valence-electron chi connectivity index (χ0n) is 17.2. The average Bonchev–Trinajstić information content (AvgIpc) is 3.40. The van der Waals surface area contributed by atoms with E-state index in [-0.39, 0.29) is 23.7 Å². The number of anilines is 1. The van der Waals surface area contributed by atoms with Gasteiger partial charge in [-0.25, -0.2) is 4.98 Å². The lowest BCUT2D eigenvalue weighted by Crippen LogP contribution is -2.33. The highest BCUT2D eigenvalue weighted by molar-refractivity contribution is 7.99. The van der Waals surface area contributed by atoms with Crippen molar-refractivity contribution in [2.45, 2.75) is 10.1 Å². The lowest BCUT2D eigenvalue weighted by atomic mass is 10.2. The number of hydrogen-bond acceptors (Lipinski definition) is 9. The van der Waals surface area contributed by atoms with Gasteiger partial charge in [-0.15, -0.1) is 10.2 Å². The molecule has 0 radical (unpaired) electrons. The molecule has 10 nitrogen and oxygen atoms in total. The van der Waals surface area contributed by atoms with Crippen molar-refractivity contribution >= 4 is 50.0 Å². The number of nitro benzene ring substituents is 1. The maximum atomic E-state index is 13.4. The van der Waals surface area contributed by atoms with Crippen LogP contribution in [-0.2, 0) is 11.8 Å². The molecule has 0 saturated carbocycles. The van der Waals surface area contributed by atoms with E-state index in [9.17, 15) is 14.9 Å². The minimum Gasteiger partial charge on any atom is -0.383 e. The molecule has 0 aliphatic heterocycles. The molecule has 0 unspecified atom stereocenters. The van der Waals surface area contributed by atoms with E-state index in [1.807, 2.05) is 24.3 Å². The van der Waals surface area contributed by atoms with E-state index in [4.69, 9.17) is 4.74 Å². The molecule has 1 amide bonds. The summed E-state index contributed by atoms with van der Waals surface area (Å²) in [6.45, 7) is 0.558. The number of benzene rings is 2. The number of rotatable bonds is 8. The largest absolute Gasteiger partial charge is 0.383 e. The second-order valence-electron chi connectivity index (χ2n) is 6.68. The Bertz CT molecular complexity index is 1260. The van der Waals surface area contributed by atoms with E-state index in [1.165, 1.54) is 28.6 Å². The van der Waals surface area contributed by atoms with Gasteiger partial charge in [0.15, 0.2) is 10.3 Å². The molecule has 0 aliphatic carbocycles. The van der Waals surface area contributed by atoms with Crippen LogP contribution in [-0.4, -0.2) is 50.8 Å². The van der Waals surface area contributed by atoms with Gasteiger partial charge in [-0.2, -0.15) is 0 Å². The molecule has 4 rings (SSSR count). The van der Waals surface area contributed by atoms with Crippen LogP contribution in [0, 0.1) is 10.1 Å². The SMILES string of the molecule is COCCN(C(=O)c1ccc(Sc2nncn2C)c([N+](=O)[O-])c1)c1nc2ccccc2s1. The number of nitrogens with zero attached hydrogens (tertiary/aromatic N) is 6. The lowest BCUT2D eigenvalue weighted by Gasteiger charge is -2.19. The van der Waals surface area contributed by atoms with Crippen molar-refractivity contribution in [3.63, 3.8) is 0 Å². The number of hydrogen-bond donors (Lipinski definition) is 0. The fraction of sp³-hybridized carbons (Fsp3) is 0.200. The number of carbonyl (C=O) groups excluding carboxylic acids is 1. The van der Waals surface area contributed by atoms with Crippen LogP contribution >= 0.6 is 23.1 Å². The molecule has 0 aliphatic rings. The Labute approximate surface area is 191 Å². The van der Waals surface area contributed by atoms with Crippen LogP contribution in [0.3, 0.4) is 0 Å². The summed E-state index contributed by atoms with van der Waals surface area (Å²) in [6, 6.07) is 12.0. The van der Waals surface area contributed by atoms with Crippen LogP contribution in [0.25, 0.3) is 10.2 Å². The summed E-state index contributed by atoms with van der Waals surface area (Å²) in [5, 5.41) is 20.5. The van der Waals surface area contributed by atoms with Gasteiger partial charge in [-0.05, 0) is 36.0 Å². The van der Waals surface area contributed by atoms with Crippen LogP contribution < -0.4 is 4.90 Å². The van der Waals surface area contributed by atoms with Crippen molar-refractivity contribution < 1.29 is 14.5 Å². The number of amides is 1. The third-order valence-corrected chi connectivity index (χ3v) is 6.73. The van der Waals surface area contributed by atoms with E-state index in [1.54, 1.807) is 30.9 Å². The zero-order chi connectivity index (χ0) is 22.7. The van der Waals surface area contributed by atoms with Crippen molar-refractivity contribution in [1.29, 1.82) is 0 Å². The maximum Gasteiger partial charge on any atom is 0.284 e. The second-order valence-corrected chi connectivity index (χ2v) is 8.70. The molecule has 12 heteroatoms. The first kappa shape index (κ1) is 21.9. The van der Waals surface area contributed by atoms with Gasteiger partial charge in [-0.3, -0.25) is 19.8 Å². The molecule has 4 aromatic rings. The van der Waals surface area contributed by atoms with Gasteiger partial charge in [0.2, 0.25) is 0 Å². The molecule has 0 bridgehead atoms. The number of aryl methyl sites for hydroxylation is 1. The van der Waals surface area contributed by atoms with Gasteiger partial charge in [0.25, 0.3) is 11.6 Å². The number of methoxy groups -OCH3 is 1. The first-order valence-electron chi connectivity index (χ1n) is 9.44. The van der Waals surface area contributed by atoms with Crippen LogP contribution in [0.1, 0.15) is 10.4 Å². The van der Waals surface area contributed by atoms with Crippen molar-refractivity contribution in [3.05, 3.63) is 64.5 Å². The summed E-state index contributed by atoms with van der Waals surface area (Å²) < 4.78 is 7.76. The summed E-state index contributed by atoms with van der Waals surface area (Å²) in [4.78, 5) is 31.0. The topological polar surface area (TPSA) is 116 Å². The maximum absolute atomic E-state index is 13.4. The number of ether oxygens (including phenoxy) is 1. The molecule has 164 valence electrons. The molecule has 0 saturated heterocycles. The minimum atomic E-state index is -0.507. The Morgan fingerprint density at radius 2 is 2.12 bits per heavy atom. The number of para-hydroxylation sites is 1. The van der Waals surface area contributed by atoms with Crippen molar-refractivity contribution in [1.82, 2.24) is 19.7 Å². The lowest BCUT2D eigenvalue weighted by molar-refractivity contribution is -0.387. The summed E-state index contributed by atoms with van der Waals surface area (Å²) in [5.41, 5.74) is 0.790. The van der Waals surface area contributed by atoms with Gasteiger partial charge in [0, 0.05) is 25.8 Å². The molecule has 0 atom stereocenters. The Morgan fingerprint density at radius 3 is 2.81 bits per heavy atom. The second kappa shape index (κ2) is 9.42. The van der Waals surface area contributed by atoms with E-state index in [0.717, 1.165) is 22.0 Å². The molecule has 0 N–H and O–H groups in total. The third-order valence-electron chi connectivity index (χ3n) is 4.55. The first-order valence-corrected chi connectivity index (χ1v) is 11.1. The summed E-state index contributed by atoms with van der Waals surface area (Å²) >= 11 is 2.49. The summed E-state index contributed by atoms with van der Waals surface area (Å²) in [6.07, 6.45) is 1.51. The van der Waals surface area contributed by atoms with E-state index >= 15 is 0 Å². The van der Waals surface area contributed by atoms with Crippen molar-refractivity contribution in [2.24, 2.45) is 7.05 Å². The van der Waals surface area contributed by atoms with Gasteiger partial charge >= 0.3 is 0 Å². The molecule has 2 aromatic carbocycles. The highest BCUT2D eigenvalue weighted by Crippen LogP contribution is 2.35. The Kier molecular flexibility index (Phi) is 6.44. The zero-order valence-corrected chi connectivity index (χ0v) is 18.8. The Morgan fingerprint density at radius 1 is 1.31 bits per heavy atom. The predicted octanol–water partition coefficient (Wildman–Crippen LogP) is 3.78. The Hall–Kier alpha value is -3.35. The number of nitro groups is 1. The van der Waals surface area contributed by atoms with Crippen molar-refractivity contribution in [3.8, 4) is 0 Å². The van der Waals surface area contributed by atoms with Crippen LogP contribution in [0.4, 0.5) is 10.8 Å². The molecule has 0 spiro atoms.